The van der Waals surface area contributed by atoms with Crippen molar-refractivity contribution in [2.75, 3.05) is 6.54 Å². The van der Waals surface area contributed by atoms with Crippen LogP contribution in [0.4, 0.5) is 0 Å². The zero-order valence-electron chi connectivity index (χ0n) is 10.3. The molecule has 0 spiro atoms. The number of hydrogen-bond acceptors (Lipinski definition) is 1. The van der Waals surface area contributed by atoms with Crippen molar-refractivity contribution in [1.29, 1.82) is 0 Å². The van der Waals surface area contributed by atoms with E-state index in [0.29, 0.717) is 5.41 Å². The lowest BCUT2D eigenvalue weighted by Gasteiger charge is -2.47. The van der Waals surface area contributed by atoms with Crippen LogP contribution in [0, 0.1) is 23.2 Å². The van der Waals surface area contributed by atoms with Gasteiger partial charge in [-0.3, -0.25) is 0 Å². The van der Waals surface area contributed by atoms with Crippen LogP contribution in [0.2, 0.25) is 0 Å². The molecule has 2 N–H and O–H groups in total. The Balaban J connectivity index is 2.81. The van der Waals surface area contributed by atoms with E-state index >= 15 is 0 Å². The summed E-state index contributed by atoms with van der Waals surface area (Å²) in [5, 5.41) is 0. The molecule has 84 valence electrons. The second-order valence-corrected chi connectivity index (χ2v) is 5.66. The second-order valence-electron chi connectivity index (χ2n) is 5.66. The average Bonchev–Trinajstić information content (AvgIpc) is 2.16. The standard InChI is InChI=1S/C13H27N/c1-5-13(9-14)8-11(4)6-7-12(13)10(2)3/h10-12H,5-9,14H2,1-4H3. The summed E-state index contributed by atoms with van der Waals surface area (Å²) in [6.07, 6.45) is 5.41. The molecule has 3 unspecified atom stereocenters. The Labute approximate surface area is 89.5 Å². The Hall–Kier alpha value is -0.0400. The van der Waals surface area contributed by atoms with Crippen molar-refractivity contribution in [3.05, 3.63) is 0 Å². The van der Waals surface area contributed by atoms with Crippen LogP contribution in [0.3, 0.4) is 0 Å². The monoisotopic (exact) mass is 197 g/mol. The molecule has 14 heavy (non-hydrogen) atoms. The van der Waals surface area contributed by atoms with Crippen molar-refractivity contribution in [2.45, 2.75) is 53.4 Å². The molecule has 1 rings (SSSR count). The molecule has 1 aliphatic carbocycles. The van der Waals surface area contributed by atoms with Crippen LogP contribution >= 0.6 is 0 Å². The van der Waals surface area contributed by atoms with Crippen LogP contribution in [0.25, 0.3) is 0 Å². The van der Waals surface area contributed by atoms with E-state index in [1.165, 1.54) is 25.7 Å². The molecule has 1 aliphatic rings. The van der Waals surface area contributed by atoms with Gasteiger partial charge in [0.05, 0.1) is 0 Å². The van der Waals surface area contributed by atoms with Crippen molar-refractivity contribution in [3.8, 4) is 0 Å². The van der Waals surface area contributed by atoms with Gasteiger partial charge in [0.2, 0.25) is 0 Å². The van der Waals surface area contributed by atoms with E-state index in [4.69, 9.17) is 5.73 Å². The minimum absolute atomic E-state index is 0.450. The van der Waals surface area contributed by atoms with Gasteiger partial charge in [-0.1, -0.05) is 34.1 Å². The summed E-state index contributed by atoms with van der Waals surface area (Å²) in [6, 6.07) is 0. The first kappa shape index (κ1) is 12.0. The summed E-state index contributed by atoms with van der Waals surface area (Å²) < 4.78 is 0. The zero-order valence-corrected chi connectivity index (χ0v) is 10.3. The maximum Gasteiger partial charge on any atom is -0.00178 e. The van der Waals surface area contributed by atoms with Gasteiger partial charge >= 0.3 is 0 Å². The van der Waals surface area contributed by atoms with Crippen molar-refractivity contribution >= 4 is 0 Å². The molecule has 0 radical (unpaired) electrons. The third-order valence-electron chi connectivity index (χ3n) is 4.43. The third-order valence-corrected chi connectivity index (χ3v) is 4.43. The van der Waals surface area contributed by atoms with E-state index in [1.807, 2.05) is 0 Å². The fourth-order valence-corrected chi connectivity index (χ4v) is 3.54. The van der Waals surface area contributed by atoms with E-state index in [9.17, 15) is 0 Å². The van der Waals surface area contributed by atoms with Gasteiger partial charge in [0.25, 0.3) is 0 Å². The van der Waals surface area contributed by atoms with Gasteiger partial charge in [0.1, 0.15) is 0 Å². The van der Waals surface area contributed by atoms with Gasteiger partial charge in [0, 0.05) is 0 Å². The Morgan fingerprint density at radius 3 is 2.43 bits per heavy atom. The maximum absolute atomic E-state index is 6.04. The van der Waals surface area contributed by atoms with Gasteiger partial charge in [0.15, 0.2) is 0 Å². The lowest BCUT2D eigenvalue weighted by atomic mass is 9.59. The molecule has 1 saturated carbocycles. The van der Waals surface area contributed by atoms with Gasteiger partial charge in [-0.2, -0.15) is 0 Å². The summed E-state index contributed by atoms with van der Waals surface area (Å²) in [5.74, 6) is 2.54. The highest BCUT2D eigenvalue weighted by atomic mass is 14.6. The first-order valence-corrected chi connectivity index (χ1v) is 6.25. The van der Waals surface area contributed by atoms with Crippen molar-refractivity contribution in [1.82, 2.24) is 0 Å². The second kappa shape index (κ2) is 4.65. The summed E-state index contributed by atoms with van der Waals surface area (Å²) >= 11 is 0. The molecular weight excluding hydrogens is 170 g/mol. The maximum atomic E-state index is 6.04. The molecule has 0 amide bonds. The third kappa shape index (κ3) is 2.13. The molecule has 0 saturated heterocycles. The van der Waals surface area contributed by atoms with E-state index in [0.717, 1.165) is 24.3 Å². The molecule has 0 bridgehead atoms. The fourth-order valence-electron chi connectivity index (χ4n) is 3.54. The molecule has 0 aliphatic heterocycles. The smallest absolute Gasteiger partial charge is 0.00178 e. The van der Waals surface area contributed by atoms with E-state index in [2.05, 4.69) is 27.7 Å². The van der Waals surface area contributed by atoms with Crippen LogP contribution in [0.1, 0.15) is 53.4 Å². The Morgan fingerprint density at radius 2 is 2.00 bits per heavy atom. The van der Waals surface area contributed by atoms with E-state index in [1.54, 1.807) is 0 Å². The van der Waals surface area contributed by atoms with Crippen LogP contribution in [0.15, 0.2) is 0 Å². The van der Waals surface area contributed by atoms with Crippen molar-refractivity contribution in [2.24, 2.45) is 28.9 Å². The largest absolute Gasteiger partial charge is 0.330 e. The molecule has 1 nitrogen and oxygen atoms in total. The summed E-state index contributed by atoms with van der Waals surface area (Å²) in [6.45, 7) is 10.3. The Kier molecular flexibility index (Phi) is 4.00. The first-order chi connectivity index (χ1) is 6.55. The lowest BCUT2D eigenvalue weighted by Crippen LogP contribution is -2.44. The zero-order chi connectivity index (χ0) is 10.8. The normalized spacial score (nSPS) is 39.0. The summed E-state index contributed by atoms with van der Waals surface area (Å²) in [4.78, 5) is 0. The number of rotatable bonds is 3. The lowest BCUT2D eigenvalue weighted by molar-refractivity contribution is 0.0359. The average molecular weight is 197 g/mol. The number of hydrogen-bond donors (Lipinski definition) is 1. The highest BCUT2D eigenvalue weighted by Gasteiger charge is 2.41. The minimum Gasteiger partial charge on any atom is -0.330 e. The minimum atomic E-state index is 0.450. The predicted octanol–water partition coefficient (Wildman–Crippen LogP) is 3.43. The summed E-state index contributed by atoms with van der Waals surface area (Å²) in [5.41, 5.74) is 6.49. The van der Waals surface area contributed by atoms with Crippen molar-refractivity contribution in [3.63, 3.8) is 0 Å². The first-order valence-electron chi connectivity index (χ1n) is 6.25. The quantitative estimate of drug-likeness (QED) is 0.737. The molecule has 1 heteroatoms. The van der Waals surface area contributed by atoms with Crippen LogP contribution in [0.5, 0.6) is 0 Å². The Morgan fingerprint density at radius 1 is 1.36 bits per heavy atom. The van der Waals surface area contributed by atoms with Gasteiger partial charge in [-0.25, -0.2) is 0 Å². The molecule has 0 aromatic heterocycles. The van der Waals surface area contributed by atoms with Gasteiger partial charge < -0.3 is 5.73 Å². The molecular formula is C13H27N. The highest BCUT2D eigenvalue weighted by Crippen LogP contribution is 2.48. The molecule has 3 atom stereocenters. The van der Waals surface area contributed by atoms with Crippen LogP contribution in [-0.4, -0.2) is 6.54 Å². The van der Waals surface area contributed by atoms with E-state index < -0.39 is 0 Å². The highest BCUT2D eigenvalue weighted by molar-refractivity contribution is 4.92. The summed E-state index contributed by atoms with van der Waals surface area (Å²) in [7, 11) is 0. The van der Waals surface area contributed by atoms with Crippen LogP contribution in [-0.2, 0) is 0 Å². The molecule has 0 aromatic rings. The van der Waals surface area contributed by atoms with Gasteiger partial charge in [-0.05, 0) is 49.0 Å². The van der Waals surface area contributed by atoms with Crippen LogP contribution < -0.4 is 5.73 Å². The molecule has 1 fully saturated rings. The molecule has 0 aromatic carbocycles. The molecule has 0 heterocycles. The fraction of sp³-hybridized carbons (Fsp3) is 1.00. The van der Waals surface area contributed by atoms with Crippen molar-refractivity contribution < 1.29 is 0 Å². The number of nitrogens with two attached hydrogens (primary N) is 1. The van der Waals surface area contributed by atoms with Gasteiger partial charge in [-0.15, -0.1) is 0 Å². The van der Waals surface area contributed by atoms with E-state index in [-0.39, 0.29) is 0 Å². The SMILES string of the molecule is CCC1(CN)CC(C)CCC1C(C)C. The Bertz CT molecular complexity index is 170. The predicted molar refractivity (Wildman–Crippen MR) is 63.1 cm³/mol. The topological polar surface area (TPSA) is 26.0 Å².